The molecule has 0 bridgehead atoms. The third kappa shape index (κ3) is 3.85. The molecule has 9 heteroatoms. The van der Waals surface area contributed by atoms with E-state index in [1.165, 1.54) is 16.8 Å². The number of rotatable bonds is 2. The lowest BCUT2D eigenvalue weighted by molar-refractivity contribution is -0.454. The first-order valence-corrected chi connectivity index (χ1v) is 5.99. The van der Waals surface area contributed by atoms with Gasteiger partial charge < -0.3 is 26.6 Å². The van der Waals surface area contributed by atoms with E-state index in [0.29, 0.717) is 12.5 Å². The second kappa shape index (κ2) is 6.10. The van der Waals surface area contributed by atoms with Crippen LogP contribution in [0.25, 0.3) is 10.8 Å². The van der Waals surface area contributed by atoms with Crippen LogP contribution in [0.3, 0.4) is 0 Å². The lowest BCUT2D eigenvalue weighted by Gasteiger charge is -2.00. The molecule has 0 aromatic carbocycles. The Bertz CT molecular complexity index is 591. The molecule has 0 atom stereocenters. The molecule has 0 spiro atoms. The monoisotopic (exact) mass is 293 g/mol. The van der Waals surface area contributed by atoms with Gasteiger partial charge in [-0.15, -0.1) is 5.10 Å². The Morgan fingerprint density at radius 1 is 1.25 bits per heavy atom. The molecule has 4 nitrogen and oxygen atoms in total. The van der Waals surface area contributed by atoms with Crippen molar-refractivity contribution in [3.63, 3.8) is 0 Å². The minimum atomic E-state index is -6.00. The maximum atomic E-state index is 9.75. The van der Waals surface area contributed by atoms with Gasteiger partial charge in [0.05, 0.1) is 17.4 Å². The van der Waals surface area contributed by atoms with Gasteiger partial charge in [-0.05, 0) is 20.8 Å². The Labute approximate surface area is 113 Å². The maximum Gasteiger partial charge on any atom is 0.673 e. The molecular formula is C11H16BF4N3O. The first kappa shape index (κ1) is 16.3. The third-order valence-electron chi connectivity index (χ3n) is 2.90. The first-order chi connectivity index (χ1) is 9.16. The van der Waals surface area contributed by atoms with Gasteiger partial charge in [-0.25, -0.2) is 0 Å². The highest BCUT2D eigenvalue weighted by atomic mass is 19.5. The van der Waals surface area contributed by atoms with E-state index < -0.39 is 7.25 Å². The van der Waals surface area contributed by atoms with Crippen LogP contribution in [0.4, 0.5) is 17.3 Å². The largest absolute Gasteiger partial charge is 0.673 e. The molecule has 1 N–H and O–H groups in total. The van der Waals surface area contributed by atoms with Crippen LogP contribution >= 0.6 is 0 Å². The quantitative estimate of drug-likeness (QED) is 0.631. The predicted octanol–water partition coefficient (Wildman–Crippen LogP) is 2.70. The molecule has 0 aliphatic carbocycles. The van der Waals surface area contributed by atoms with Crippen molar-refractivity contribution in [2.24, 2.45) is 7.05 Å². The minimum absolute atomic E-state index is 0.632. The zero-order valence-electron chi connectivity index (χ0n) is 11.7. The van der Waals surface area contributed by atoms with Gasteiger partial charge in [0, 0.05) is 23.5 Å². The van der Waals surface area contributed by atoms with E-state index in [-0.39, 0.29) is 0 Å². The molecule has 0 aliphatic rings. The predicted molar refractivity (Wildman–Crippen MR) is 68.1 cm³/mol. The van der Waals surface area contributed by atoms with Crippen molar-refractivity contribution in [2.45, 2.75) is 20.8 Å². The molecule has 0 saturated heterocycles. The van der Waals surface area contributed by atoms with Crippen molar-refractivity contribution >= 4 is 18.0 Å². The summed E-state index contributed by atoms with van der Waals surface area (Å²) < 4.78 is 46.7. The molecule has 0 fully saturated rings. The number of nitrogens with one attached hydrogen (secondary N) is 1. The van der Waals surface area contributed by atoms with Gasteiger partial charge in [-0.3, -0.25) is 0 Å². The number of aromatic amines is 1. The summed E-state index contributed by atoms with van der Waals surface area (Å²) in [6.45, 7) is 6.78. The average molecular weight is 293 g/mol. The molecule has 0 amide bonds. The Morgan fingerprint density at radius 2 is 1.80 bits per heavy atom. The lowest BCUT2D eigenvalue weighted by Crippen LogP contribution is -2.09. The second-order valence-electron chi connectivity index (χ2n) is 4.14. The van der Waals surface area contributed by atoms with Crippen LogP contribution in [0.1, 0.15) is 18.3 Å². The molecule has 0 aliphatic heterocycles. The number of halogens is 4. The molecule has 0 saturated carbocycles. The van der Waals surface area contributed by atoms with Gasteiger partial charge in [0.25, 0.3) is 5.88 Å². The van der Waals surface area contributed by atoms with Crippen molar-refractivity contribution in [1.82, 2.24) is 9.67 Å². The fraction of sp³-hybridized carbons (Fsp3) is 0.455. The molecule has 2 aromatic rings. The van der Waals surface area contributed by atoms with Gasteiger partial charge in [-0.2, -0.15) is 0 Å². The van der Waals surface area contributed by atoms with Crippen molar-refractivity contribution < 1.29 is 27.1 Å². The number of nitrogens with zero attached hydrogens (tertiary/aromatic N) is 2. The number of H-pyrrole nitrogens is 1. The van der Waals surface area contributed by atoms with E-state index in [1.807, 2.05) is 13.1 Å². The van der Waals surface area contributed by atoms with Crippen LogP contribution in [-0.4, -0.2) is 23.5 Å². The maximum absolute atomic E-state index is 9.75. The molecule has 20 heavy (non-hydrogen) atoms. The van der Waals surface area contributed by atoms with E-state index in [1.54, 1.807) is 0 Å². The van der Waals surface area contributed by atoms with Crippen molar-refractivity contribution in [3.8, 4) is 5.88 Å². The summed E-state index contributed by atoms with van der Waals surface area (Å²) in [4.78, 5) is 0. The topological polar surface area (TPSA) is 41.2 Å². The molecule has 2 rings (SSSR count). The van der Waals surface area contributed by atoms with E-state index in [9.17, 15) is 17.3 Å². The highest BCUT2D eigenvalue weighted by Gasteiger charge is 2.20. The van der Waals surface area contributed by atoms with Gasteiger partial charge in [0.15, 0.2) is 0 Å². The summed E-state index contributed by atoms with van der Waals surface area (Å²) in [5, 5.41) is 9.31. The van der Waals surface area contributed by atoms with Crippen LogP contribution in [0, 0.1) is 13.8 Å². The normalized spacial score (nSPS) is 11.2. The smallest absolute Gasteiger partial charge is 0.474 e. The van der Waals surface area contributed by atoms with E-state index in [2.05, 4.69) is 35.7 Å². The van der Waals surface area contributed by atoms with Gasteiger partial charge in [0.2, 0.25) is 6.20 Å². The summed E-state index contributed by atoms with van der Waals surface area (Å²) in [7, 11) is -3.94. The Morgan fingerprint density at radius 3 is 2.30 bits per heavy atom. The number of hydrogen-bond donors (Lipinski definition) is 0. The van der Waals surface area contributed by atoms with E-state index >= 15 is 0 Å². The Hall–Kier alpha value is -1.80. The highest BCUT2D eigenvalue weighted by Crippen LogP contribution is 2.29. The average Bonchev–Trinajstić information content (AvgIpc) is 2.54. The van der Waals surface area contributed by atoms with Crippen LogP contribution in [0.5, 0.6) is 5.88 Å². The van der Waals surface area contributed by atoms with Crippen molar-refractivity contribution in [3.05, 3.63) is 17.6 Å². The molecular weight excluding hydrogens is 277 g/mol. The molecule has 112 valence electrons. The summed E-state index contributed by atoms with van der Waals surface area (Å²) in [5.74, 6) is 0.691. The fourth-order valence-corrected chi connectivity index (χ4v) is 1.87. The van der Waals surface area contributed by atoms with Crippen LogP contribution in [-0.2, 0) is 7.05 Å². The van der Waals surface area contributed by atoms with Gasteiger partial charge in [-0.1, -0.05) is 0 Å². The highest BCUT2D eigenvalue weighted by molar-refractivity contribution is 6.50. The first-order valence-electron chi connectivity index (χ1n) is 5.99. The number of hydrogen-bond acceptors (Lipinski definition) is 2. The molecule has 2 aromatic heterocycles. The minimum Gasteiger partial charge on any atom is -0.474 e. The standard InChI is InChI=1S/C11H15N3O.BF4/c1-5-15-11-10-8(3)14(4)7(2)9(10)6-12-13-11;2-1(3,4)5/h6H,5H2,1-4H3;/q;-1/p+1. The fourth-order valence-electron chi connectivity index (χ4n) is 1.87. The molecule has 0 radical (unpaired) electrons. The summed E-state index contributed by atoms with van der Waals surface area (Å²) in [6.07, 6.45) is 1.92. The van der Waals surface area contributed by atoms with Gasteiger partial charge >= 0.3 is 7.25 Å². The summed E-state index contributed by atoms with van der Waals surface area (Å²) >= 11 is 0. The van der Waals surface area contributed by atoms with E-state index in [0.717, 1.165) is 5.39 Å². The van der Waals surface area contributed by atoms with Crippen LogP contribution in [0.15, 0.2) is 6.20 Å². The lowest BCUT2D eigenvalue weighted by atomic mass is 10.2. The summed E-state index contributed by atoms with van der Waals surface area (Å²) in [6, 6.07) is 0. The zero-order valence-corrected chi connectivity index (χ0v) is 11.7. The Kier molecular flexibility index (Phi) is 4.96. The number of ether oxygens (including phenoxy) is 1. The SMILES string of the molecule is CCOc1n[nH+]cc2c(C)n(C)c(C)c12.F[B-](F)(F)F. The zero-order chi connectivity index (χ0) is 15.5. The molecule has 0 unspecified atom stereocenters. The van der Waals surface area contributed by atoms with Crippen LogP contribution < -0.4 is 9.84 Å². The number of aryl methyl sites for hydroxylation is 2. The van der Waals surface area contributed by atoms with E-state index in [4.69, 9.17) is 4.74 Å². The van der Waals surface area contributed by atoms with Crippen LogP contribution in [0.2, 0.25) is 0 Å². The number of aromatic nitrogens is 3. The second-order valence-corrected chi connectivity index (χ2v) is 4.14. The molecule has 2 heterocycles. The van der Waals surface area contributed by atoms with Crippen molar-refractivity contribution in [1.29, 1.82) is 0 Å². The van der Waals surface area contributed by atoms with Crippen molar-refractivity contribution in [2.75, 3.05) is 6.61 Å². The third-order valence-corrected chi connectivity index (χ3v) is 2.90. The summed E-state index contributed by atoms with van der Waals surface area (Å²) in [5.41, 5.74) is 2.41. The van der Waals surface area contributed by atoms with Gasteiger partial charge in [0.1, 0.15) is 0 Å². The number of fused-ring (bicyclic) bond motifs is 1. The Balaban J connectivity index is 0.000000347.